The molecule has 1 saturated carbocycles. The molecule has 3 nitrogen and oxygen atoms in total. The van der Waals surface area contributed by atoms with E-state index in [0.717, 1.165) is 18.5 Å². The average Bonchev–Trinajstić information content (AvgIpc) is 2.99. The van der Waals surface area contributed by atoms with E-state index in [0.29, 0.717) is 6.04 Å². The Morgan fingerprint density at radius 1 is 1.44 bits per heavy atom. The summed E-state index contributed by atoms with van der Waals surface area (Å²) in [4.78, 5) is 7.09. The Balaban J connectivity index is 1.71. The minimum Gasteiger partial charge on any atom is -0.353 e. The molecule has 2 aliphatic rings. The number of nitrogens with zero attached hydrogens (tertiary/aromatic N) is 2. The molecule has 1 aliphatic heterocycles. The van der Waals surface area contributed by atoms with Gasteiger partial charge in [-0.3, -0.25) is 0 Å². The van der Waals surface area contributed by atoms with Crippen LogP contribution in [0.1, 0.15) is 38.7 Å². The fourth-order valence-electron chi connectivity index (χ4n) is 3.25. The number of anilines is 1. The lowest BCUT2D eigenvalue weighted by molar-refractivity contribution is 0.549. The molecule has 98 valence electrons. The fourth-order valence-corrected chi connectivity index (χ4v) is 3.25. The minimum absolute atomic E-state index is 0.532. The Bertz CT molecular complexity index is 416. The summed E-state index contributed by atoms with van der Waals surface area (Å²) < 4.78 is 0. The van der Waals surface area contributed by atoms with Crippen molar-refractivity contribution in [2.24, 2.45) is 5.92 Å². The zero-order valence-corrected chi connectivity index (χ0v) is 11.4. The zero-order chi connectivity index (χ0) is 12.5. The van der Waals surface area contributed by atoms with Crippen LogP contribution in [0, 0.1) is 5.92 Å². The molecule has 0 radical (unpaired) electrons. The molecule has 2 heterocycles. The van der Waals surface area contributed by atoms with Gasteiger partial charge in [0.15, 0.2) is 0 Å². The van der Waals surface area contributed by atoms with Gasteiger partial charge in [0, 0.05) is 31.4 Å². The Kier molecular flexibility index (Phi) is 3.25. The van der Waals surface area contributed by atoms with Crippen molar-refractivity contribution in [2.75, 3.05) is 11.4 Å². The molecule has 0 amide bonds. The van der Waals surface area contributed by atoms with Crippen LogP contribution in [0.3, 0.4) is 0 Å². The smallest absolute Gasteiger partial charge is 0.129 e. The SMILES string of the molecule is CC(C)NCc1ccnc(N2CC3CCC2C3)c1. The first-order chi connectivity index (χ1) is 8.72. The van der Waals surface area contributed by atoms with Crippen molar-refractivity contribution in [1.29, 1.82) is 0 Å². The van der Waals surface area contributed by atoms with Crippen LogP contribution in [0.15, 0.2) is 18.3 Å². The molecule has 0 aromatic carbocycles. The second kappa shape index (κ2) is 4.88. The first-order valence-corrected chi connectivity index (χ1v) is 7.17. The van der Waals surface area contributed by atoms with Gasteiger partial charge in [-0.1, -0.05) is 13.8 Å². The van der Waals surface area contributed by atoms with Crippen LogP contribution >= 0.6 is 0 Å². The summed E-state index contributed by atoms with van der Waals surface area (Å²) in [6.07, 6.45) is 6.13. The number of aromatic nitrogens is 1. The molecule has 2 atom stereocenters. The Morgan fingerprint density at radius 3 is 3.00 bits per heavy atom. The third-order valence-corrected chi connectivity index (χ3v) is 4.23. The Morgan fingerprint density at radius 2 is 2.33 bits per heavy atom. The number of piperidine rings is 1. The average molecular weight is 245 g/mol. The normalized spacial score (nSPS) is 26.3. The molecule has 2 bridgehead atoms. The largest absolute Gasteiger partial charge is 0.353 e. The predicted molar refractivity (Wildman–Crippen MR) is 74.7 cm³/mol. The Hall–Kier alpha value is -1.09. The maximum Gasteiger partial charge on any atom is 0.129 e. The number of fused-ring (bicyclic) bond motifs is 2. The molecule has 0 spiro atoms. The van der Waals surface area contributed by atoms with Crippen molar-refractivity contribution >= 4 is 5.82 Å². The van der Waals surface area contributed by atoms with Crippen LogP contribution in [-0.4, -0.2) is 23.6 Å². The first kappa shape index (κ1) is 12.0. The van der Waals surface area contributed by atoms with Gasteiger partial charge < -0.3 is 10.2 Å². The van der Waals surface area contributed by atoms with Crippen molar-refractivity contribution in [3.63, 3.8) is 0 Å². The van der Waals surface area contributed by atoms with E-state index in [2.05, 4.69) is 41.2 Å². The summed E-state index contributed by atoms with van der Waals surface area (Å²) in [5.74, 6) is 2.11. The molecule has 1 aromatic rings. The fraction of sp³-hybridized carbons (Fsp3) is 0.667. The van der Waals surface area contributed by atoms with E-state index in [-0.39, 0.29) is 0 Å². The van der Waals surface area contributed by atoms with Crippen molar-refractivity contribution in [3.8, 4) is 0 Å². The highest BCUT2D eigenvalue weighted by atomic mass is 15.2. The highest BCUT2D eigenvalue weighted by Crippen LogP contribution is 2.39. The van der Waals surface area contributed by atoms with E-state index >= 15 is 0 Å². The van der Waals surface area contributed by atoms with Gasteiger partial charge in [-0.15, -0.1) is 0 Å². The van der Waals surface area contributed by atoms with Crippen LogP contribution in [0.4, 0.5) is 5.82 Å². The van der Waals surface area contributed by atoms with E-state index < -0.39 is 0 Å². The third-order valence-electron chi connectivity index (χ3n) is 4.23. The molecule has 18 heavy (non-hydrogen) atoms. The number of hydrogen-bond donors (Lipinski definition) is 1. The molecular formula is C15H23N3. The van der Waals surface area contributed by atoms with E-state index in [9.17, 15) is 0 Å². The summed E-state index contributed by atoms with van der Waals surface area (Å²) >= 11 is 0. The van der Waals surface area contributed by atoms with Crippen LogP contribution < -0.4 is 10.2 Å². The lowest BCUT2D eigenvalue weighted by atomic mass is 10.1. The zero-order valence-electron chi connectivity index (χ0n) is 11.4. The van der Waals surface area contributed by atoms with Crippen molar-refractivity contribution in [2.45, 2.75) is 51.7 Å². The molecule has 1 aromatic heterocycles. The number of pyridine rings is 1. The third kappa shape index (κ3) is 2.37. The second-order valence-electron chi connectivity index (χ2n) is 6.04. The number of nitrogens with one attached hydrogen (secondary N) is 1. The number of hydrogen-bond acceptors (Lipinski definition) is 3. The maximum atomic E-state index is 4.57. The van der Waals surface area contributed by atoms with E-state index in [4.69, 9.17) is 0 Å². The van der Waals surface area contributed by atoms with Crippen molar-refractivity contribution in [3.05, 3.63) is 23.9 Å². The van der Waals surface area contributed by atoms with E-state index in [1.165, 1.54) is 37.2 Å². The lowest BCUT2D eigenvalue weighted by Crippen LogP contribution is -2.32. The molecule has 3 heteroatoms. The van der Waals surface area contributed by atoms with Gasteiger partial charge >= 0.3 is 0 Å². The Labute approximate surface area is 110 Å². The van der Waals surface area contributed by atoms with Gasteiger partial charge in [-0.25, -0.2) is 4.98 Å². The van der Waals surface area contributed by atoms with Crippen molar-refractivity contribution in [1.82, 2.24) is 10.3 Å². The predicted octanol–water partition coefficient (Wildman–Crippen LogP) is 2.57. The quantitative estimate of drug-likeness (QED) is 0.883. The molecule has 3 rings (SSSR count). The second-order valence-corrected chi connectivity index (χ2v) is 6.04. The van der Waals surface area contributed by atoms with Crippen LogP contribution in [-0.2, 0) is 6.54 Å². The molecule has 1 saturated heterocycles. The first-order valence-electron chi connectivity index (χ1n) is 7.17. The van der Waals surface area contributed by atoms with Crippen LogP contribution in [0.2, 0.25) is 0 Å². The van der Waals surface area contributed by atoms with Crippen LogP contribution in [0.25, 0.3) is 0 Å². The van der Waals surface area contributed by atoms with E-state index in [1.54, 1.807) is 0 Å². The highest BCUT2D eigenvalue weighted by Gasteiger charge is 2.38. The summed E-state index contributed by atoms with van der Waals surface area (Å²) in [6.45, 7) is 6.52. The van der Waals surface area contributed by atoms with Gasteiger partial charge in [-0.05, 0) is 42.9 Å². The van der Waals surface area contributed by atoms with Crippen LogP contribution in [0.5, 0.6) is 0 Å². The van der Waals surface area contributed by atoms with Gasteiger partial charge in [-0.2, -0.15) is 0 Å². The lowest BCUT2D eigenvalue weighted by Gasteiger charge is -2.28. The number of rotatable bonds is 4. The summed E-state index contributed by atoms with van der Waals surface area (Å²) in [7, 11) is 0. The van der Waals surface area contributed by atoms with Gasteiger partial charge in [0.05, 0.1) is 0 Å². The monoisotopic (exact) mass is 245 g/mol. The minimum atomic E-state index is 0.532. The molecule has 1 N–H and O–H groups in total. The molecule has 1 aliphatic carbocycles. The van der Waals surface area contributed by atoms with Gasteiger partial charge in [0.1, 0.15) is 5.82 Å². The summed E-state index contributed by atoms with van der Waals surface area (Å²) in [5.41, 5.74) is 1.34. The molecular weight excluding hydrogens is 222 g/mol. The summed E-state index contributed by atoms with van der Waals surface area (Å²) in [6, 6.07) is 5.67. The molecule has 2 fully saturated rings. The van der Waals surface area contributed by atoms with E-state index in [1.807, 2.05) is 6.20 Å². The van der Waals surface area contributed by atoms with Gasteiger partial charge in [0.2, 0.25) is 0 Å². The molecule has 2 unspecified atom stereocenters. The van der Waals surface area contributed by atoms with Gasteiger partial charge in [0.25, 0.3) is 0 Å². The highest BCUT2D eigenvalue weighted by molar-refractivity contribution is 5.44. The maximum absolute atomic E-state index is 4.57. The summed E-state index contributed by atoms with van der Waals surface area (Å²) in [5, 5.41) is 3.47. The standard InChI is InChI=1S/C15H23N3/c1-11(2)17-9-12-5-6-16-15(8-12)18-10-13-3-4-14(18)7-13/h5-6,8,11,13-14,17H,3-4,7,9-10H2,1-2H3. The van der Waals surface area contributed by atoms with Crippen molar-refractivity contribution < 1.29 is 0 Å². The topological polar surface area (TPSA) is 28.2 Å².